The van der Waals surface area contributed by atoms with Crippen molar-refractivity contribution >= 4 is 28.9 Å². The maximum absolute atomic E-state index is 6.03. The number of halogens is 2. The number of anilines is 1. The molecule has 2 heterocycles. The van der Waals surface area contributed by atoms with Crippen molar-refractivity contribution in [2.75, 3.05) is 18.0 Å². The lowest BCUT2D eigenvalue weighted by atomic mass is 10.1. The molecule has 1 aliphatic rings. The van der Waals surface area contributed by atoms with Crippen molar-refractivity contribution in [1.29, 1.82) is 0 Å². The van der Waals surface area contributed by atoms with Crippen LogP contribution < -0.4 is 10.6 Å². The molecular weight excluding hydrogens is 247 g/mol. The van der Waals surface area contributed by atoms with E-state index in [4.69, 9.17) is 28.9 Å². The first kappa shape index (κ1) is 11.9. The molecule has 4 nitrogen and oxygen atoms in total. The average Bonchev–Trinajstić information content (AvgIpc) is 2.63. The fourth-order valence-electron chi connectivity index (χ4n) is 2.19. The van der Waals surface area contributed by atoms with Gasteiger partial charge in [0.1, 0.15) is 0 Å². The summed E-state index contributed by atoms with van der Waals surface area (Å²) in [5.41, 5.74) is 6.54. The van der Waals surface area contributed by atoms with Gasteiger partial charge in [-0.05, 0) is 25.8 Å². The Kier molecular flexibility index (Phi) is 3.52. The van der Waals surface area contributed by atoms with Crippen molar-refractivity contribution in [3.8, 4) is 0 Å². The molecule has 0 spiro atoms. The zero-order valence-electron chi connectivity index (χ0n) is 9.03. The van der Waals surface area contributed by atoms with Gasteiger partial charge < -0.3 is 10.6 Å². The number of aromatic nitrogens is 2. The lowest BCUT2D eigenvalue weighted by molar-refractivity contribution is 0.579. The molecule has 1 aromatic rings. The van der Waals surface area contributed by atoms with Crippen LogP contribution in [0.4, 0.5) is 5.69 Å². The van der Waals surface area contributed by atoms with Crippen LogP contribution in [0.5, 0.6) is 0 Å². The van der Waals surface area contributed by atoms with Gasteiger partial charge in [-0.2, -0.15) is 0 Å². The summed E-state index contributed by atoms with van der Waals surface area (Å²) in [6, 6.07) is 2.16. The third-order valence-corrected chi connectivity index (χ3v) is 3.46. The highest BCUT2D eigenvalue weighted by Gasteiger charge is 2.30. The molecule has 0 bridgehead atoms. The smallest absolute Gasteiger partial charge is 0.175 e. The maximum atomic E-state index is 6.03. The molecule has 2 N–H and O–H groups in total. The van der Waals surface area contributed by atoms with E-state index in [9.17, 15) is 0 Å². The summed E-state index contributed by atoms with van der Waals surface area (Å²) in [6.07, 6.45) is 1.08. The van der Waals surface area contributed by atoms with Crippen LogP contribution in [0.3, 0.4) is 0 Å². The minimum Gasteiger partial charge on any atom is -0.366 e. The number of hydrogen-bond acceptors (Lipinski definition) is 4. The van der Waals surface area contributed by atoms with Gasteiger partial charge in [0.05, 0.1) is 5.69 Å². The summed E-state index contributed by atoms with van der Waals surface area (Å²) < 4.78 is 0. The molecule has 0 aliphatic carbocycles. The van der Waals surface area contributed by atoms with Crippen molar-refractivity contribution in [2.45, 2.75) is 19.4 Å². The molecule has 0 aromatic carbocycles. The predicted molar refractivity (Wildman–Crippen MR) is 66.0 cm³/mol. The highest BCUT2D eigenvalue weighted by atomic mass is 35.5. The Labute approximate surface area is 105 Å². The molecule has 0 radical (unpaired) electrons. The van der Waals surface area contributed by atoms with Crippen molar-refractivity contribution in [3.05, 3.63) is 16.4 Å². The van der Waals surface area contributed by atoms with E-state index in [2.05, 4.69) is 22.0 Å². The number of hydrogen-bond donors (Lipinski definition) is 1. The van der Waals surface area contributed by atoms with Gasteiger partial charge in [0.25, 0.3) is 0 Å². The maximum Gasteiger partial charge on any atom is 0.175 e. The Hall–Kier alpha value is -0.580. The lowest BCUT2D eigenvalue weighted by Gasteiger charge is -2.24. The van der Waals surface area contributed by atoms with Crippen LogP contribution >= 0.6 is 23.2 Å². The van der Waals surface area contributed by atoms with E-state index < -0.39 is 0 Å². The van der Waals surface area contributed by atoms with Gasteiger partial charge in [-0.3, -0.25) is 0 Å². The Balaban J connectivity index is 2.27. The molecule has 0 amide bonds. The first-order chi connectivity index (χ1) is 7.61. The van der Waals surface area contributed by atoms with Crippen LogP contribution in [-0.2, 0) is 0 Å². The molecule has 0 saturated carbocycles. The number of rotatable bonds is 2. The molecule has 1 aromatic heterocycles. The SMILES string of the molecule is CC1CC(CN)CN1c1cc(Cl)nnc1Cl. The molecule has 88 valence electrons. The van der Waals surface area contributed by atoms with E-state index >= 15 is 0 Å². The van der Waals surface area contributed by atoms with E-state index in [-0.39, 0.29) is 0 Å². The molecule has 2 atom stereocenters. The normalized spacial score (nSPS) is 25.1. The summed E-state index contributed by atoms with van der Waals surface area (Å²) in [5.74, 6) is 0.512. The topological polar surface area (TPSA) is 55.0 Å². The Morgan fingerprint density at radius 3 is 2.88 bits per heavy atom. The summed E-state index contributed by atoms with van der Waals surface area (Å²) >= 11 is 11.9. The largest absolute Gasteiger partial charge is 0.366 e. The lowest BCUT2D eigenvalue weighted by Crippen LogP contribution is -2.28. The highest BCUT2D eigenvalue weighted by molar-refractivity contribution is 6.33. The third-order valence-electron chi connectivity index (χ3n) is 3.00. The second-order valence-corrected chi connectivity index (χ2v) is 4.93. The minimum absolute atomic E-state index is 0.364. The third kappa shape index (κ3) is 2.24. The fourth-order valence-corrected chi connectivity index (χ4v) is 2.54. The van der Waals surface area contributed by atoms with E-state index in [1.54, 1.807) is 6.07 Å². The quantitative estimate of drug-likeness (QED) is 0.884. The van der Waals surface area contributed by atoms with Crippen LogP contribution in [0.2, 0.25) is 10.3 Å². The molecule has 2 unspecified atom stereocenters. The summed E-state index contributed by atoms with van der Waals surface area (Å²) in [5, 5.41) is 8.29. The van der Waals surface area contributed by atoms with E-state index in [0.29, 0.717) is 28.8 Å². The fraction of sp³-hybridized carbons (Fsp3) is 0.600. The number of nitrogens with two attached hydrogens (primary N) is 1. The second-order valence-electron chi connectivity index (χ2n) is 4.18. The van der Waals surface area contributed by atoms with Crippen LogP contribution in [0, 0.1) is 5.92 Å². The van der Waals surface area contributed by atoms with Gasteiger partial charge in [0.15, 0.2) is 10.3 Å². The van der Waals surface area contributed by atoms with Crippen molar-refractivity contribution in [3.63, 3.8) is 0 Å². The molecule has 6 heteroatoms. The van der Waals surface area contributed by atoms with Crippen molar-refractivity contribution in [2.24, 2.45) is 11.7 Å². The van der Waals surface area contributed by atoms with Crippen molar-refractivity contribution < 1.29 is 0 Å². The standard InChI is InChI=1S/C10H14Cl2N4/c1-6-2-7(4-13)5-16(6)8-3-9(11)14-15-10(8)12/h3,6-7H,2,4-5,13H2,1H3. The molecule has 1 fully saturated rings. The van der Waals surface area contributed by atoms with Gasteiger partial charge in [-0.15, -0.1) is 10.2 Å². The van der Waals surface area contributed by atoms with Crippen LogP contribution in [0.15, 0.2) is 6.07 Å². The van der Waals surface area contributed by atoms with Gasteiger partial charge in [0.2, 0.25) is 0 Å². The van der Waals surface area contributed by atoms with Crippen LogP contribution in [0.25, 0.3) is 0 Å². The average molecular weight is 261 g/mol. The highest BCUT2D eigenvalue weighted by Crippen LogP contribution is 2.33. The summed E-state index contributed by atoms with van der Waals surface area (Å²) in [6.45, 7) is 3.75. The zero-order valence-corrected chi connectivity index (χ0v) is 10.5. The molecular formula is C10H14Cl2N4. The first-order valence-electron chi connectivity index (χ1n) is 5.27. The zero-order chi connectivity index (χ0) is 11.7. The predicted octanol–water partition coefficient (Wildman–Crippen LogP) is 1.96. The summed E-state index contributed by atoms with van der Waals surface area (Å²) in [7, 11) is 0. The number of nitrogens with zero attached hydrogens (tertiary/aromatic N) is 3. The van der Waals surface area contributed by atoms with E-state index in [1.165, 1.54) is 0 Å². The van der Waals surface area contributed by atoms with Crippen LogP contribution in [0.1, 0.15) is 13.3 Å². The monoisotopic (exact) mass is 260 g/mol. The van der Waals surface area contributed by atoms with E-state index in [0.717, 1.165) is 18.7 Å². The molecule has 16 heavy (non-hydrogen) atoms. The van der Waals surface area contributed by atoms with Crippen LogP contribution in [-0.4, -0.2) is 29.3 Å². The Morgan fingerprint density at radius 1 is 1.50 bits per heavy atom. The summed E-state index contributed by atoms with van der Waals surface area (Å²) in [4.78, 5) is 2.19. The van der Waals surface area contributed by atoms with Gasteiger partial charge in [-0.25, -0.2) is 0 Å². The Morgan fingerprint density at radius 2 is 2.25 bits per heavy atom. The second kappa shape index (κ2) is 4.73. The van der Waals surface area contributed by atoms with Gasteiger partial charge in [0, 0.05) is 18.7 Å². The molecule has 2 rings (SSSR count). The molecule has 1 saturated heterocycles. The van der Waals surface area contributed by atoms with Gasteiger partial charge >= 0.3 is 0 Å². The van der Waals surface area contributed by atoms with Crippen molar-refractivity contribution in [1.82, 2.24) is 10.2 Å². The first-order valence-corrected chi connectivity index (χ1v) is 6.03. The Bertz CT molecular complexity index is 385. The minimum atomic E-state index is 0.364. The van der Waals surface area contributed by atoms with Gasteiger partial charge in [-0.1, -0.05) is 23.2 Å². The molecule has 1 aliphatic heterocycles. The van der Waals surface area contributed by atoms with E-state index in [1.807, 2.05) is 0 Å².